The molecule has 2 N–H and O–H groups in total. The van der Waals surface area contributed by atoms with E-state index in [1.165, 1.54) is 5.56 Å². The lowest BCUT2D eigenvalue weighted by Crippen LogP contribution is -2.58. The van der Waals surface area contributed by atoms with Gasteiger partial charge in [0.15, 0.2) is 0 Å². The van der Waals surface area contributed by atoms with Gasteiger partial charge in [-0.05, 0) is 19.4 Å². The molecule has 5 heteroatoms. The lowest BCUT2D eigenvalue weighted by molar-refractivity contribution is -0.138. The van der Waals surface area contributed by atoms with E-state index >= 15 is 0 Å². The van der Waals surface area contributed by atoms with Crippen LogP contribution in [0.15, 0.2) is 24.3 Å². The van der Waals surface area contributed by atoms with E-state index in [0.717, 1.165) is 51.3 Å². The molecule has 128 valence electrons. The van der Waals surface area contributed by atoms with Crippen molar-refractivity contribution in [1.82, 2.24) is 9.80 Å². The molecule has 1 aliphatic heterocycles. The van der Waals surface area contributed by atoms with Gasteiger partial charge >= 0.3 is 0 Å². The number of methoxy groups -OCH3 is 1. The minimum atomic E-state index is -0.737. The Kier molecular flexibility index (Phi) is 6.02. The van der Waals surface area contributed by atoms with Crippen LogP contribution in [0.4, 0.5) is 0 Å². The molecule has 0 radical (unpaired) electrons. The molecule has 2 rings (SSSR count). The Morgan fingerprint density at radius 1 is 1.26 bits per heavy atom. The zero-order valence-electron chi connectivity index (χ0n) is 14.5. The van der Waals surface area contributed by atoms with E-state index in [-0.39, 0.29) is 5.91 Å². The smallest absolute Gasteiger partial charge is 0.242 e. The Morgan fingerprint density at radius 3 is 2.52 bits per heavy atom. The molecular weight excluding hydrogens is 290 g/mol. The number of benzene rings is 1. The van der Waals surface area contributed by atoms with E-state index in [0.29, 0.717) is 0 Å². The van der Waals surface area contributed by atoms with Crippen LogP contribution in [0.1, 0.15) is 32.3 Å². The lowest BCUT2D eigenvalue weighted by atomic mass is 9.95. The number of amides is 1. The molecule has 1 unspecified atom stereocenters. The Bertz CT molecular complexity index is 523. The van der Waals surface area contributed by atoms with Crippen LogP contribution in [-0.4, -0.2) is 54.5 Å². The van der Waals surface area contributed by atoms with Gasteiger partial charge in [-0.1, -0.05) is 31.5 Å². The first-order chi connectivity index (χ1) is 11.0. The van der Waals surface area contributed by atoms with Gasteiger partial charge in [-0.15, -0.1) is 0 Å². The fourth-order valence-electron chi connectivity index (χ4n) is 3.17. The number of ether oxygens (including phenoxy) is 1. The van der Waals surface area contributed by atoms with Crippen molar-refractivity contribution in [2.24, 2.45) is 5.73 Å². The number of piperazine rings is 1. The minimum absolute atomic E-state index is 0.0799. The molecule has 1 aromatic rings. The molecule has 0 aromatic heterocycles. The summed E-state index contributed by atoms with van der Waals surface area (Å²) in [6.07, 6.45) is 1.65. The van der Waals surface area contributed by atoms with Crippen LogP contribution in [0.3, 0.4) is 0 Å². The maximum atomic E-state index is 12.5. The molecule has 0 spiro atoms. The SMILES string of the molecule is CCCC(C)(N)C(=O)N1CCN(Cc2ccccc2OC)CC1. The largest absolute Gasteiger partial charge is 0.496 e. The fraction of sp³-hybridized carbons (Fsp3) is 0.611. The molecule has 23 heavy (non-hydrogen) atoms. The Hall–Kier alpha value is -1.59. The summed E-state index contributed by atoms with van der Waals surface area (Å²) < 4.78 is 5.41. The summed E-state index contributed by atoms with van der Waals surface area (Å²) in [7, 11) is 1.70. The van der Waals surface area contributed by atoms with Gasteiger partial charge in [0.05, 0.1) is 12.6 Å². The van der Waals surface area contributed by atoms with Gasteiger partial charge in [-0.3, -0.25) is 9.69 Å². The number of hydrogen-bond acceptors (Lipinski definition) is 4. The second-order valence-corrected chi connectivity index (χ2v) is 6.55. The maximum absolute atomic E-state index is 12.5. The Balaban J connectivity index is 1.90. The van der Waals surface area contributed by atoms with Crippen molar-refractivity contribution >= 4 is 5.91 Å². The highest BCUT2D eigenvalue weighted by atomic mass is 16.5. The van der Waals surface area contributed by atoms with E-state index in [1.54, 1.807) is 7.11 Å². The molecule has 5 nitrogen and oxygen atoms in total. The summed E-state index contributed by atoms with van der Waals surface area (Å²) in [5.41, 5.74) is 6.62. The van der Waals surface area contributed by atoms with Gasteiger partial charge in [0.1, 0.15) is 5.75 Å². The van der Waals surface area contributed by atoms with Gasteiger partial charge in [0.25, 0.3) is 0 Å². The predicted octanol–water partition coefficient (Wildman–Crippen LogP) is 1.86. The van der Waals surface area contributed by atoms with Crippen LogP contribution in [0, 0.1) is 0 Å². The molecule has 1 aliphatic rings. The van der Waals surface area contributed by atoms with Crippen LogP contribution in [0.25, 0.3) is 0 Å². The third-order valence-corrected chi connectivity index (χ3v) is 4.50. The average Bonchev–Trinajstić information content (AvgIpc) is 2.55. The number of carbonyl (C=O) groups excluding carboxylic acids is 1. The average molecular weight is 319 g/mol. The monoisotopic (exact) mass is 319 g/mol. The minimum Gasteiger partial charge on any atom is -0.496 e. The number of nitrogens with zero attached hydrogens (tertiary/aromatic N) is 2. The number of para-hydroxylation sites is 1. The van der Waals surface area contributed by atoms with Gasteiger partial charge in [0, 0.05) is 38.3 Å². The molecular formula is C18H29N3O2. The predicted molar refractivity (Wildman–Crippen MR) is 92.4 cm³/mol. The van der Waals surface area contributed by atoms with Gasteiger partial charge in [-0.25, -0.2) is 0 Å². The quantitative estimate of drug-likeness (QED) is 0.869. The molecule has 1 saturated heterocycles. The van der Waals surface area contributed by atoms with Crippen molar-refractivity contribution in [2.45, 2.75) is 38.8 Å². The third-order valence-electron chi connectivity index (χ3n) is 4.50. The first-order valence-corrected chi connectivity index (χ1v) is 8.40. The summed E-state index contributed by atoms with van der Waals surface area (Å²) in [6.45, 7) is 7.97. The molecule has 1 heterocycles. The molecule has 0 aliphatic carbocycles. The van der Waals surface area contributed by atoms with Crippen LogP contribution in [-0.2, 0) is 11.3 Å². The molecule has 0 bridgehead atoms. The first-order valence-electron chi connectivity index (χ1n) is 8.40. The Morgan fingerprint density at radius 2 is 1.91 bits per heavy atom. The topological polar surface area (TPSA) is 58.8 Å². The number of carbonyl (C=O) groups is 1. The summed E-state index contributed by atoms with van der Waals surface area (Å²) in [4.78, 5) is 16.8. The van der Waals surface area contributed by atoms with Crippen molar-refractivity contribution in [3.05, 3.63) is 29.8 Å². The lowest BCUT2D eigenvalue weighted by Gasteiger charge is -2.38. The van der Waals surface area contributed by atoms with Crippen molar-refractivity contribution in [1.29, 1.82) is 0 Å². The van der Waals surface area contributed by atoms with Gasteiger partial charge in [0.2, 0.25) is 5.91 Å². The van der Waals surface area contributed by atoms with E-state index in [4.69, 9.17) is 10.5 Å². The molecule has 1 amide bonds. The number of nitrogens with two attached hydrogens (primary N) is 1. The van der Waals surface area contributed by atoms with Gasteiger partial charge < -0.3 is 15.4 Å². The van der Waals surface area contributed by atoms with E-state index < -0.39 is 5.54 Å². The first kappa shape index (κ1) is 17.8. The van der Waals surface area contributed by atoms with Crippen LogP contribution in [0.2, 0.25) is 0 Å². The zero-order valence-corrected chi connectivity index (χ0v) is 14.5. The normalized spacial score (nSPS) is 18.5. The highest BCUT2D eigenvalue weighted by Crippen LogP contribution is 2.21. The second kappa shape index (κ2) is 7.79. The van der Waals surface area contributed by atoms with E-state index in [2.05, 4.69) is 17.9 Å². The fourth-order valence-corrected chi connectivity index (χ4v) is 3.17. The summed E-state index contributed by atoms with van der Waals surface area (Å²) in [5, 5.41) is 0. The van der Waals surface area contributed by atoms with Crippen LogP contribution >= 0.6 is 0 Å². The van der Waals surface area contributed by atoms with Crippen LogP contribution in [0.5, 0.6) is 5.75 Å². The van der Waals surface area contributed by atoms with Crippen molar-refractivity contribution in [2.75, 3.05) is 33.3 Å². The van der Waals surface area contributed by atoms with Crippen molar-refractivity contribution in [3.8, 4) is 5.75 Å². The highest BCUT2D eigenvalue weighted by Gasteiger charge is 2.33. The summed E-state index contributed by atoms with van der Waals surface area (Å²) >= 11 is 0. The highest BCUT2D eigenvalue weighted by molar-refractivity contribution is 5.85. The number of rotatable bonds is 6. The second-order valence-electron chi connectivity index (χ2n) is 6.55. The van der Waals surface area contributed by atoms with Crippen molar-refractivity contribution in [3.63, 3.8) is 0 Å². The summed E-state index contributed by atoms with van der Waals surface area (Å²) in [6, 6.07) is 8.09. The Labute approximate surface area is 139 Å². The zero-order chi connectivity index (χ0) is 16.9. The molecule has 0 saturated carbocycles. The van der Waals surface area contributed by atoms with Crippen molar-refractivity contribution < 1.29 is 9.53 Å². The van der Waals surface area contributed by atoms with E-state index in [9.17, 15) is 4.79 Å². The molecule has 1 aromatic carbocycles. The third kappa shape index (κ3) is 4.45. The standard InChI is InChI=1S/C18H29N3O2/c1-4-9-18(2,19)17(22)21-12-10-20(11-13-21)14-15-7-5-6-8-16(15)23-3/h5-8H,4,9-14,19H2,1-3H3. The molecule has 1 fully saturated rings. The van der Waals surface area contributed by atoms with E-state index in [1.807, 2.05) is 30.0 Å². The number of hydrogen-bond donors (Lipinski definition) is 1. The molecule has 1 atom stereocenters. The summed E-state index contributed by atoms with van der Waals surface area (Å²) in [5.74, 6) is 1.000. The van der Waals surface area contributed by atoms with Gasteiger partial charge in [-0.2, -0.15) is 0 Å². The van der Waals surface area contributed by atoms with Crippen LogP contribution < -0.4 is 10.5 Å². The maximum Gasteiger partial charge on any atom is 0.242 e.